The topological polar surface area (TPSA) is 195 Å². The van der Waals surface area contributed by atoms with Gasteiger partial charge in [-0.1, -0.05) is 0 Å². The van der Waals surface area contributed by atoms with E-state index in [4.69, 9.17) is 13.9 Å². The minimum absolute atomic E-state index is 0. The van der Waals surface area contributed by atoms with E-state index in [2.05, 4.69) is 3.63 Å². The Kier molecular flexibility index (Phi) is 7.03. The van der Waals surface area contributed by atoms with Crippen LogP contribution in [0, 0.1) is 4.78 Å². The van der Waals surface area contributed by atoms with Crippen LogP contribution in [0.5, 0.6) is 0 Å². The van der Waals surface area contributed by atoms with E-state index in [-0.39, 0.29) is 12.3 Å². The largest absolute Gasteiger partial charge is 0.412 e. The molecule has 0 saturated heterocycles. The van der Waals surface area contributed by atoms with Crippen LogP contribution in [0.3, 0.4) is 0 Å². The molecule has 0 aromatic heterocycles. The van der Waals surface area contributed by atoms with Crippen molar-refractivity contribution in [3.8, 4) is 0 Å². The highest BCUT2D eigenvalue weighted by Crippen LogP contribution is 1.93. The molecule has 0 heterocycles. The van der Waals surface area contributed by atoms with E-state index in [1.54, 1.807) is 0 Å². The maximum Gasteiger partial charge on any atom is 0.412 e. The molecule has 0 amide bonds. The SMILES string of the molecule is N.N.N=S(=O)(O)OS(=O)(=O)O. The minimum Gasteiger partial charge on any atom is -0.344 e. The standard InChI is InChI=1S/H3NO6S2.2H3N/c1-8(2,3)7-9(4,5)6;;/h(H2,1,2,3)(H,4,5,6);2*1H3. The van der Waals surface area contributed by atoms with Gasteiger partial charge in [0, 0.05) is 0 Å². The highest BCUT2D eigenvalue weighted by Gasteiger charge is 2.12. The van der Waals surface area contributed by atoms with Crippen molar-refractivity contribution in [3.05, 3.63) is 0 Å². The average molecular weight is 211 g/mol. The van der Waals surface area contributed by atoms with Gasteiger partial charge in [0.05, 0.1) is 0 Å². The summed E-state index contributed by atoms with van der Waals surface area (Å²) < 4.78 is 52.9. The molecule has 11 heavy (non-hydrogen) atoms. The van der Waals surface area contributed by atoms with Crippen LogP contribution in [0.2, 0.25) is 0 Å². The van der Waals surface area contributed by atoms with Crippen LogP contribution in [0.1, 0.15) is 0 Å². The second-order valence-corrected chi connectivity index (χ2v) is 3.32. The predicted octanol–water partition coefficient (Wildman–Crippen LogP) is -0.435. The van der Waals surface area contributed by atoms with Gasteiger partial charge in [0.1, 0.15) is 0 Å². The van der Waals surface area contributed by atoms with Crippen molar-refractivity contribution >= 4 is 20.7 Å². The fourth-order valence-electron chi connectivity index (χ4n) is 0.117. The third-order valence-electron chi connectivity index (χ3n) is 0.178. The molecule has 11 heteroatoms. The molecule has 1 atom stereocenters. The summed E-state index contributed by atoms with van der Waals surface area (Å²) in [5.74, 6) is 0. The van der Waals surface area contributed by atoms with Crippen molar-refractivity contribution in [2.75, 3.05) is 0 Å². The molecular formula is H9N3O6S2. The van der Waals surface area contributed by atoms with Crippen molar-refractivity contribution in [1.82, 2.24) is 12.3 Å². The van der Waals surface area contributed by atoms with E-state index in [0.29, 0.717) is 0 Å². The second kappa shape index (κ2) is 4.55. The monoisotopic (exact) mass is 211 g/mol. The lowest BCUT2D eigenvalue weighted by molar-refractivity contribution is 0.368. The molecule has 0 saturated carbocycles. The Morgan fingerprint density at radius 1 is 1.09 bits per heavy atom. The Hall–Kier alpha value is -0.300. The van der Waals surface area contributed by atoms with Crippen molar-refractivity contribution < 1.29 is 25.4 Å². The molecule has 0 aromatic rings. The molecule has 0 aliphatic carbocycles. The maximum atomic E-state index is 9.66. The highest BCUT2D eigenvalue weighted by molar-refractivity contribution is 7.94. The Bertz CT molecular complexity index is 241. The zero-order valence-corrected chi connectivity index (χ0v) is 6.89. The zero-order valence-electron chi connectivity index (χ0n) is 5.26. The van der Waals surface area contributed by atoms with Gasteiger partial charge in [0.15, 0.2) is 0 Å². The number of hydrogen-bond acceptors (Lipinski definition) is 7. The van der Waals surface area contributed by atoms with Gasteiger partial charge >= 0.3 is 20.7 Å². The van der Waals surface area contributed by atoms with E-state index < -0.39 is 20.7 Å². The van der Waals surface area contributed by atoms with Gasteiger partial charge in [-0.2, -0.15) is 12.6 Å². The molecule has 9 N–H and O–H groups in total. The molecule has 0 aromatic carbocycles. The van der Waals surface area contributed by atoms with Gasteiger partial charge < -0.3 is 12.3 Å². The summed E-state index contributed by atoms with van der Waals surface area (Å²) in [5.41, 5.74) is 0. The first kappa shape index (κ1) is 17.0. The zero-order chi connectivity index (χ0) is 7.71. The van der Waals surface area contributed by atoms with Gasteiger partial charge in [0.2, 0.25) is 0 Å². The van der Waals surface area contributed by atoms with Crippen LogP contribution in [0.15, 0.2) is 0 Å². The van der Waals surface area contributed by atoms with E-state index in [9.17, 15) is 12.6 Å². The van der Waals surface area contributed by atoms with Crippen LogP contribution in [0.4, 0.5) is 0 Å². The normalized spacial score (nSPS) is 15.5. The molecule has 0 spiro atoms. The van der Waals surface area contributed by atoms with Gasteiger partial charge in [0.25, 0.3) is 0 Å². The number of rotatable bonds is 2. The fourth-order valence-corrected chi connectivity index (χ4v) is 1.05. The molecule has 0 bridgehead atoms. The molecule has 72 valence electrons. The lowest BCUT2D eigenvalue weighted by atomic mass is 14.0. The Balaban J connectivity index is -0.000000320. The van der Waals surface area contributed by atoms with Gasteiger partial charge in [-0.05, 0) is 0 Å². The molecule has 0 aliphatic rings. The minimum atomic E-state index is -4.99. The fraction of sp³-hybridized carbons (Fsp3) is 0. The molecule has 0 radical (unpaired) electrons. The third-order valence-corrected chi connectivity index (χ3v) is 1.60. The summed E-state index contributed by atoms with van der Waals surface area (Å²) in [6.07, 6.45) is 0. The molecule has 0 rings (SSSR count). The maximum absolute atomic E-state index is 9.66. The predicted molar refractivity (Wildman–Crippen MR) is 36.2 cm³/mol. The van der Waals surface area contributed by atoms with E-state index in [1.165, 1.54) is 0 Å². The van der Waals surface area contributed by atoms with Crippen LogP contribution in [-0.2, 0) is 24.3 Å². The summed E-state index contributed by atoms with van der Waals surface area (Å²) in [5, 5.41) is 0. The Morgan fingerprint density at radius 3 is 1.36 bits per heavy atom. The van der Waals surface area contributed by atoms with Crippen molar-refractivity contribution in [1.29, 1.82) is 4.78 Å². The van der Waals surface area contributed by atoms with Crippen molar-refractivity contribution in [3.63, 3.8) is 0 Å². The summed E-state index contributed by atoms with van der Waals surface area (Å²) in [7, 11) is -9.61. The summed E-state index contributed by atoms with van der Waals surface area (Å²) in [4.78, 5) is 0. The summed E-state index contributed by atoms with van der Waals surface area (Å²) >= 11 is 0. The van der Waals surface area contributed by atoms with Crippen LogP contribution in [0.25, 0.3) is 0 Å². The molecular weight excluding hydrogens is 202 g/mol. The third kappa shape index (κ3) is 17.7. The smallest absolute Gasteiger partial charge is 0.344 e. The molecule has 0 aliphatic heterocycles. The first-order valence-corrected chi connectivity index (χ1v) is 4.21. The quantitative estimate of drug-likeness (QED) is 0.379. The lowest BCUT2D eigenvalue weighted by Gasteiger charge is -1.93. The van der Waals surface area contributed by atoms with Crippen molar-refractivity contribution in [2.24, 2.45) is 0 Å². The van der Waals surface area contributed by atoms with Gasteiger partial charge in [-0.15, -0.1) is 3.63 Å². The van der Waals surface area contributed by atoms with E-state index >= 15 is 0 Å². The average Bonchev–Trinajstić information content (AvgIpc) is 1.14. The number of nitrogens with one attached hydrogen (secondary N) is 1. The number of hydrogen-bond donors (Lipinski definition) is 5. The van der Waals surface area contributed by atoms with Crippen LogP contribution >= 0.6 is 0 Å². The first-order valence-electron chi connectivity index (χ1n) is 1.40. The molecule has 1 unspecified atom stereocenters. The summed E-state index contributed by atoms with van der Waals surface area (Å²) in [6.45, 7) is 0. The highest BCUT2D eigenvalue weighted by atomic mass is 32.3. The van der Waals surface area contributed by atoms with Gasteiger partial charge in [-0.3, -0.25) is 9.11 Å². The van der Waals surface area contributed by atoms with E-state index in [0.717, 1.165) is 0 Å². The summed E-state index contributed by atoms with van der Waals surface area (Å²) in [6, 6.07) is 0. The lowest BCUT2D eigenvalue weighted by Crippen LogP contribution is -2.09. The second-order valence-electron chi connectivity index (χ2n) is 0.971. The van der Waals surface area contributed by atoms with Crippen LogP contribution in [-0.4, -0.2) is 21.7 Å². The van der Waals surface area contributed by atoms with Crippen LogP contribution < -0.4 is 12.3 Å². The first-order chi connectivity index (χ1) is 3.71. The van der Waals surface area contributed by atoms with E-state index in [1.807, 2.05) is 0 Å². The van der Waals surface area contributed by atoms with Crippen molar-refractivity contribution in [2.45, 2.75) is 0 Å². The molecule has 9 nitrogen and oxygen atoms in total. The van der Waals surface area contributed by atoms with Gasteiger partial charge in [-0.25, -0.2) is 4.78 Å². The molecule has 0 fully saturated rings. The Labute approximate surface area is 63.9 Å². The Morgan fingerprint density at radius 2 is 1.36 bits per heavy atom.